The van der Waals surface area contributed by atoms with Crippen molar-refractivity contribution in [3.05, 3.63) is 35.4 Å². The van der Waals surface area contributed by atoms with Gasteiger partial charge >= 0.3 is 0 Å². The molecular formula is C15H21NO. The van der Waals surface area contributed by atoms with Gasteiger partial charge in [0.15, 0.2) is 0 Å². The average molecular weight is 231 g/mol. The highest BCUT2D eigenvalue weighted by Crippen LogP contribution is 2.42. The van der Waals surface area contributed by atoms with Crippen LogP contribution in [0, 0.1) is 11.8 Å². The van der Waals surface area contributed by atoms with Crippen LogP contribution in [-0.4, -0.2) is 30.1 Å². The molecule has 92 valence electrons. The van der Waals surface area contributed by atoms with Crippen LogP contribution in [0.5, 0.6) is 0 Å². The molecule has 0 spiro atoms. The molecule has 0 radical (unpaired) electrons. The van der Waals surface area contributed by atoms with Gasteiger partial charge in [0.1, 0.15) is 0 Å². The van der Waals surface area contributed by atoms with Gasteiger partial charge in [0.05, 0.1) is 6.10 Å². The Kier molecular flexibility index (Phi) is 2.93. The van der Waals surface area contributed by atoms with E-state index in [1.807, 2.05) is 6.07 Å². The van der Waals surface area contributed by atoms with Crippen LogP contribution in [0.15, 0.2) is 24.3 Å². The van der Waals surface area contributed by atoms with Gasteiger partial charge < -0.3 is 10.0 Å². The summed E-state index contributed by atoms with van der Waals surface area (Å²) in [6.07, 6.45) is 3.34. The number of aliphatic hydroxyl groups excluding tert-OH is 1. The number of benzene rings is 1. The molecule has 1 aromatic rings. The Labute approximate surface area is 103 Å². The first kappa shape index (κ1) is 11.2. The molecule has 1 aliphatic carbocycles. The van der Waals surface area contributed by atoms with E-state index in [0.717, 1.165) is 6.42 Å². The first-order chi connectivity index (χ1) is 8.25. The van der Waals surface area contributed by atoms with E-state index < -0.39 is 0 Å². The van der Waals surface area contributed by atoms with E-state index in [1.165, 1.54) is 37.1 Å². The molecule has 2 atom stereocenters. The second-order valence-electron chi connectivity index (χ2n) is 5.65. The van der Waals surface area contributed by atoms with E-state index in [2.05, 4.69) is 30.1 Å². The average Bonchev–Trinajstić information content (AvgIpc) is 2.69. The Balaban J connectivity index is 1.75. The summed E-state index contributed by atoms with van der Waals surface area (Å²) in [7, 11) is 2.19. The summed E-state index contributed by atoms with van der Waals surface area (Å²) >= 11 is 0. The van der Waals surface area contributed by atoms with Crippen LogP contribution in [0.4, 0.5) is 0 Å². The van der Waals surface area contributed by atoms with Crippen molar-refractivity contribution in [3.8, 4) is 0 Å². The van der Waals surface area contributed by atoms with E-state index in [9.17, 15) is 5.11 Å². The zero-order valence-electron chi connectivity index (χ0n) is 10.5. The lowest BCUT2D eigenvalue weighted by atomic mass is 9.81. The maximum absolute atomic E-state index is 10.4. The molecule has 1 aromatic carbocycles. The van der Waals surface area contributed by atoms with Crippen LogP contribution in [0.3, 0.4) is 0 Å². The highest BCUT2D eigenvalue weighted by atomic mass is 16.3. The van der Waals surface area contributed by atoms with Crippen LogP contribution in [0.25, 0.3) is 0 Å². The number of rotatable bonds is 1. The molecule has 1 aliphatic heterocycles. The smallest absolute Gasteiger partial charge is 0.0826 e. The molecule has 0 saturated carbocycles. The quantitative estimate of drug-likeness (QED) is 0.801. The third-order valence-corrected chi connectivity index (χ3v) is 4.60. The predicted molar refractivity (Wildman–Crippen MR) is 68.8 cm³/mol. The zero-order valence-corrected chi connectivity index (χ0v) is 10.5. The monoisotopic (exact) mass is 231 g/mol. The fraction of sp³-hybridized carbons (Fsp3) is 0.600. The molecule has 2 heteroatoms. The largest absolute Gasteiger partial charge is 0.388 e. The van der Waals surface area contributed by atoms with Crippen LogP contribution in [-0.2, 0) is 6.42 Å². The van der Waals surface area contributed by atoms with Crippen molar-refractivity contribution in [2.45, 2.75) is 25.4 Å². The topological polar surface area (TPSA) is 23.5 Å². The standard InChI is InChI=1S/C15H21NO/c1-16-8-6-11(7-9-16)14-10-12-4-2-3-5-13(12)15(14)17/h2-5,11,14-15,17H,6-10H2,1H3/t14-,15-/m1/s1. The van der Waals surface area contributed by atoms with Crippen molar-refractivity contribution in [2.75, 3.05) is 20.1 Å². The minimum absolute atomic E-state index is 0.223. The van der Waals surface area contributed by atoms with E-state index in [1.54, 1.807) is 0 Å². The van der Waals surface area contributed by atoms with Crippen LogP contribution < -0.4 is 0 Å². The molecule has 2 aliphatic rings. The van der Waals surface area contributed by atoms with Crippen molar-refractivity contribution < 1.29 is 5.11 Å². The minimum Gasteiger partial charge on any atom is -0.388 e. The molecule has 1 heterocycles. The van der Waals surface area contributed by atoms with Gasteiger partial charge in [-0.15, -0.1) is 0 Å². The number of likely N-dealkylation sites (tertiary alicyclic amines) is 1. The molecule has 2 nitrogen and oxygen atoms in total. The van der Waals surface area contributed by atoms with Gasteiger partial charge in [-0.2, -0.15) is 0 Å². The number of nitrogens with zero attached hydrogens (tertiary/aromatic N) is 1. The van der Waals surface area contributed by atoms with Crippen molar-refractivity contribution in [3.63, 3.8) is 0 Å². The fourth-order valence-electron chi connectivity index (χ4n) is 3.49. The molecule has 1 saturated heterocycles. The van der Waals surface area contributed by atoms with Crippen molar-refractivity contribution in [1.82, 2.24) is 4.90 Å². The Bertz CT molecular complexity index is 396. The maximum atomic E-state index is 10.4. The van der Waals surface area contributed by atoms with Gasteiger partial charge in [-0.3, -0.25) is 0 Å². The normalized spacial score (nSPS) is 30.5. The summed E-state index contributed by atoms with van der Waals surface area (Å²) in [6, 6.07) is 8.39. The maximum Gasteiger partial charge on any atom is 0.0826 e. The number of piperidine rings is 1. The van der Waals surface area contributed by atoms with Crippen LogP contribution in [0.2, 0.25) is 0 Å². The van der Waals surface area contributed by atoms with Gasteiger partial charge in [0, 0.05) is 0 Å². The summed E-state index contributed by atoms with van der Waals surface area (Å²) in [5.41, 5.74) is 2.54. The van der Waals surface area contributed by atoms with Gasteiger partial charge in [0.2, 0.25) is 0 Å². The number of hydrogen-bond donors (Lipinski definition) is 1. The highest BCUT2D eigenvalue weighted by Gasteiger charge is 2.36. The predicted octanol–water partition coefficient (Wildman–Crippen LogP) is 2.23. The summed E-state index contributed by atoms with van der Waals surface area (Å²) < 4.78 is 0. The van der Waals surface area contributed by atoms with Gasteiger partial charge in [-0.25, -0.2) is 0 Å². The minimum atomic E-state index is -0.223. The van der Waals surface area contributed by atoms with Crippen molar-refractivity contribution >= 4 is 0 Å². The molecule has 1 fully saturated rings. The molecule has 0 bridgehead atoms. The third-order valence-electron chi connectivity index (χ3n) is 4.60. The second-order valence-corrected chi connectivity index (χ2v) is 5.65. The molecule has 3 rings (SSSR count). The highest BCUT2D eigenvalue weighted by molar-refractivity contribution is 5.34. The summed E-state index contributed by atoms with van der Waals surface area (Å²) in [5, 5.41) is 10.4. The lowest BCUT2D eigenvalue weighted by molar-refractivity contribution is 0.0595. The molecule has 0 amide bonds. The van der Waals surface area contributed by atoms with E-state index >= 15 is 0 Å². The lowest BCUT2D eigenvalue weighted by Crippen LogP contribution is -2.34. The second kappa shape index (κ2) is 4.43. The van der Waals surface area contributed by atoms with Crippen molar-refractivity contribution in [1.29, 1.82) is 0 Å². The Hall–Kier alpha value is -0.860. The van der Waals surface area contributed by atoms with E-state index in [0.29, 0.717) is 11.8 Å². The van der Waals surface area contributed by atoms with Crippen LogP contribution in [0.1, 0.15) is 30.1 Å². The number of fused-ring (bicyclic) bond motifs is 1. The lowest BCUT2D eigenvalue weighted by Gasteiger charge is -2.34. The van der Waals surface area contributed by atoms with Crippen LogP contribution >= 0.6 is 0 Å². The van der Waals surface area contributed by atoms with Crippen molar-refractivity contribution in [2.24, 2.45) is 11.8 Å². The number of aliphatic hydroxyl groups is 1. The number of hydrogen-bond acceptors (Lipinski definition) is 2. The molecule has 1 N–H and O–H groups in total. The Morgan fingerprint density at radius 1 is 1.18 bits per heavy atom. The third kappa shape index (κ3) is 2.00. The molecule has 0 aromatic heterocycles. The Morgan fingerprint density at radius 3 is 2.59 bits per heavy atom. The SMILES string of the molecule is CN1CCC([C@H]2Cc3ccccc3[C@H]2O)CC1. The van der Waals surface area contributed by atoms with Gasteiger partial charge in [0.25, 0.3) is 0 Å². The summed E-state index contributed by atoms with van der Waals surface area (Å²) in [6.45, 7) is 2.37. The Morgan fingerprint density at radius 2 is 1.88 bits per heavy atom. The first-order valence-corrected chi connectivity index (χ1v) is 6.70. The van der Waals surface area contributed by atoms with Gasteiger partial charge in [-0.05, 0) is 62.4 Å². The fourth-order valence-corrected chi connectivity index (χ4v) is 3.49. The zero-order chi connectivity index (χ0) is 11.8. The van der Waals surface area contributed by atoms with E-state index in [-0.39, 0.29) is 6.10 Å². The molecule has 0 unspecified atom stereocenters. The van der Waals surface area contributed by atoms with Gasteiger partial charge in [-0.1, -0.05) is 24.3 Å². The molecule has 17 heavy (non-hydrogen) atoms. The summed E-state index contributed by atoms with van der Waals surface area (Å²) in [4.78, 5) is 2.39. The first-order valence-electron chi connectivity index (χ1n) is 6.70. The van der Waals surface area contributed by atoms with E-state index in [4.69, 9.17) is 0 Å². The summed E-state index contributed by atoms with van der Waals surface area (Å²) in [5.74, 6) is 1.16. The molecular weight excluding hydrogens is 210 g/mol.